The predicted octanol–water partition coefficient (Wildman–Crippen LogP) is 3.09. The molecule has 0 aromatic rings. The molecule has 4 aliphatic carbocycles. The van der Waals surface area contributed by atoms with Gasteiger partial charge in [-0.3, -0.25) is 0 Å². The molecule has 0 radical (unpaired) electrons. The highest BCUT2D eigenvalue weighted by Crippen LogP contribution is 2.77. The van der Waals surface area contributed by atoms with Crippen molar-refractivity contribution >= 4 is 0 Å². The molecule has 5 fully saturated rings. The van der Waals surface area contributed by atoms with Crippen molar-refractivity contribution in [2.24, 2.45) is 45.3 Å². The van der Waals surface area contributed by atoms with Gasteiger partial charge in [0, 0.05) is 16.7 Å². The lowest BCUT2D eigenvalue weighted by atomic mass is 9.38. The van der Waals surface area contributed by atoms with Gasteiger partial charge in [0.15, 0.2) is 6.29 Å². The molecule has 45 heavy (non-hydrogen) atoms. The Morgan fingerprint density at radius 1 is 0.956 bits per heavy atom. The van der Waals surface area contributed by atoms with Crippen LogP contribution in [0.25, 0.3) is 0 Å². The highest BCUT2D eigenvalue weighted by atomic mass is 16.7. The van der Waals surface area contributed by atoms with Crippen LogP contribution in [0, 0.1) is 45.3 Å². The lowest BCUT2D eigenvalue weighted by molar-refractivity contribution is -0.314. The standard InChI is InChI=1S/C36H58O9/c1-19(2)16-22(44-31-30(42)29(41)28(40)23(17-37)45-31)27(39)20(3)21-10-12-34(7)24-11-13-36-25(8-9-26(38)32(36,4)5)35(24,18-43-36)15-14-33(21,34)6/h11,13,16,20-31,37-42H,8-10,12,14-15,17-18H2,1-7H3/t20-,21+,22?,23+,24-,25-,26-,27?,28+,29+,30+,31+,33+,34-,35-,36+/m0/s1. The monoisotopic (exact) mass is 634 g/mol. The third-order valence-electron chi connectivity index (χ3n) is 14.6. The smallest absolute Gasteiger partial charge is 0.187 e. The van der Waals surface area contributed by atoms with Crippen molar-refractivity contribution in [1.29, 1.82) is 0 Å². The van der Waals surface area contributed by atoms with Gasteiger partial charge in [-0.2, -0.15) is 0 Å². The van der Waals surface area contributed by atoms with Crippen molar-refractivity contribution in [3.8, 4) is 0 Å². The highest BCUT2D eigenvalue weighted by molar-refractivity contribution is 5.33. The molecule has 2 bridgehead atoms. The first-order valence-corrected chi connectivity index (χ1v) is 17.3. The summed E-state index contributed by atoms with van der Waals surface area (Å²) in [5, 5.41) is 64.0. The van der Waals surface area contributed by atoms with Crippen LogP contribution >= 0.6 is 0 Å². The second kappa shape index (κ2) is 11.3. The molecule has 2 aliphatic heterocycles. The Labute approximate surface area is 268 Å². The van der Waals surface area contributed by atoms with Crippen molar-refractivity contribution < 1.29 is 44.8 Å². The molecule has 6 N–H and O–H groups in total. The van der Waals surface area contributed by atoms with Crippen LogP contribution in [0.4, 0.5) is 0 Å². The van der Waals surface area contributed by atoms with Crippen molar-refractivity contribution in [3.05, 3.63) is 23.8 Å². The van der Waals surface area contributed by atoms with Gasteiger partial charge in [-0.15, -0.1) is 0 Å². The average Bonchev–Trinajstić information content (AvgIpc) is 3.39. The molecule has 0 amide bonds. The second-order valence-electron chi connectivity index (χ2n) is 16.9. The van der Waals surface area contributed by atoms with E-state index in [1.54, 1.807) is 0 Å². The Bertz CT molecular complexity index is 1180. The molecule has 2 heterocycles. The molecule has 0 aromatic heterocycles. The Morgan fingerprint density at radius 2 is 1.67 bits per heavy atom. The van der Waals surface area contributed by atoms with Gasteiger partial charge in [-0.1, -0.05) is 58.4 Å². The molecule has 2 unspecified atom stereocenters. The summed E-state index contributed by atoms with van der Waals surface area (Å²) < 4.78 is 18.7. The normalized spacial score (nSPS) is 51.9. The van der Waals surface area contributed by atoms with E-state index >= 15 is 0 Å². The molecule has 1 spiro atoms. The lowest BCUT2D eigenvalue weighted by Crippen LogP contribution is -2.64. The van der Waals surface area contributed by atoms with Crippen LogP contribution < -0.4 is 0 Å². The zero-order valence-corrected chi connectivity index (χ0v) is 28.2. The molecular formula is C36H58O9. The van der Waals surface area contributed by atoms with Crippen LogP contribution in [-0.4, -0.2) is 98.5 Å². The molecule has 9 heteroatoms. The molecule has 16 atom stereocenters. The summed E-state index contributed by atoms with van der Waals surface area (Å²) in [5.41, 5.74) is 0.166. The van der Waals surface area contributed by atoms with E-state index in [0.717, 1.165) is 50.7 Å². The Hall–Kier alpha value is -0.880. The van der Waals surface area contributed by atoms with E-state index in [4.69, 9.17) is 14.2 Å². The number of fused-ring (bicyclic) bond motifs is 2. The third kappa shape index (κ3) is 4.58. The van der Waals surface area contributed by atoms with Crippen LogP contribution in [0.15, 0.2) is 23.8 Å². The van der Waals surface area contributed by atoms with Gasteiger partial charge in [0.1, 0.15) is 30.5 Å². The first kappa shape index (κ1) is 34.0. The van der Waals surface area contributed by atoms with Crippen LogP contribution in [0.5, 0.6) is 0 Å². The minimum Gasteiger partial charge on any atom is -0.394 e. The molecule has 9 nitrogen and oxygen atoms in total. The van der Waals surface area contributed by atoms with E-state index in [2.05, 4.69) is 46.8 Å². The summed E-state index contributed by atoms with van der Waals surface area (Å²) in [6, 6.07) is 0. The first-order chi connectivity index (χ1) is 21.0. The van der Waals surface area contributed by atoms with E-state index in [9.17, 15) is 30.6 Å². The Balaban J connectivity index is 1.26. The van der Waals surface area contributed by atoms with Gasteiger partial charge < -0.3 is 44.8 Å². The first-order valence-electron chi connectivity index (χ1n) is 17.3. The number of hydrogen-bond acceptors (Lipinski definition) is 9. The van der Waals surface area contributed by atoms with Crippen molar-refractivity contribution in [3.63, 3.8) is 0 Å². The fourth-order valence-corrected chi connectivity index (χ4v) is 11.5. The van der Waals surface area contributed by atoms with Gasteiger partial charge >= 0.3 is 0 Å². The maximum atomic E-state index is 12.0. The summed E-state index contributed by atoms with van der Waals surface area (Å²) in [5.74, 6) is 0.805. The van der Waals surface area contributed by atoms with Crippen LogP contribution in [0.1, 0.15) is 87.0 Å². The molecule has 6 aliphatic rings. The van der Waals surface area contributed by atoms with E-state index in [-0.39, 0.29) is 39.6 Å². The molecular weight excluding hydrogens is 576 g/mol. The number of rotatable bonds is 7. The zero-order valence-electron chi connectivity index (χ0n) is 28.2. The topological polar surface area (TPSA) is 149 Å². The number of hydrogen-bond donors (Lipinski definition) is 6. The fourth-order valence-electron chi connectivity index (χ4n) is 11.5. The Kier molecular flexibility index (Phi) is 8.57. The minimum absolute atomic E-state index is 0.00456. The van der Waals surface area contributed by atoms with Crippen LogP contribution in [-0.2, 0) is 14.2 Å². The van der Waals surface area contributed by atoms with Gasteiger partial charge in [-0.25, -0.2) is 0 Å². The molecule has 2 saturated heterocycles. The summed E-state index contributed by atoms with van der Waals surface area (Å²) in [6.45, 7) is 15.4. The number of aliphatic hydroxyl groups is 6. The minimum atomic E-state index is -1.55. The summed E-state index contributed by atoms with van der Waals surface area (Å²) in [7, 11) is 0. The maximum absolute atomic E-state index is 12.0. The molecule has 256 valence electrons. The highest BCUT2D eigenvalue weighted by Gasteiger charge is 2.75. The van der Waals surface area contributed by atoms with Crippen molar-refractivity contribution in [2.45, 2.75) is 142 Å². The van der Waals surface area contributed by atoms with Crippen molar-refractivity contribution in [2.75, 3.05) is 13.2 Å². The third-order valence-corrected chi connectivity index (χ3v) is 14.6. The molecule has 0 aromatic carbocycles. The molecule has 6 rings (SSSR count). The largest absolute Gasteiger partial charge is 0.394 e. The van der Waals surface area contributed by atoms with Gasteiger partial charge in [0.2, 0.25) is 0 Å². The summed E-state index contributed by atoms with van der Waals surface area (Å²) >= 11 is 0. The predicted molar refractivity (Wildman–Crippen MR) is 168 cm³/mol. The fraction of sp³-hybridized carbons (Fsp3) is 0.889. The van der Waals surface area contributed by atoms with Gasteiger partial charge in [-0.05, 0) is 81.0 Å². The van der Waals surface area contributed by atoms with E-state index in [1.165, 1.54) is 0 Å². The van der Waals surface area contributed by atoms with E-state index in [1.807, 2.05) is 19.9 Å². The van der Waals surface area contributed by atoms with Crippen LogP contribution in [0.3, 0.4) is 0 Å². The second-order valence-corrected chi connectivity index (χ2v) is 16.9. The summed E-state index contributed by atoms with van der Waals surface area (Å²) in [6.07, 6.45) is 3.44. The number of ether oxygens (including phenoxy) is 3. The maximum Gasteiger partial charge on any atom is 0.187 e. The Morgan fingerprint density at radius 3 is 2.33 bits per heavy atom. The lowest BCUT2D eigenvalue weighted by Gasteiger charge is -2.65. The number of allylic oxidation sites excluding steroid dienone is 2. The van der Waals surface area contributed by atoms with E-state index in [0.29, 0.717) is 11.8 Å². The van der Waals surface area contributed by atoms with Gasteiger partial charge in [0.05, 0.1) is 31.0 Å². The van der Waals surface area contributed by atoms with E-state index < -0.39 is 55.1 Å². The zero-order chi connectivity index (χ0) is 32.9. The number of aliphatic hydroxyl groups excluding tert-OH is 6. The van der Waals surface area contributed by atoms with Crippen LogP contribution in [0.2, 0.25) is 0 Å². The quantitative estimate of drug-likeness (QED) is 0.233. The van der Waals surface area contributed by atoms with Crippen molar-refractivity contribution in [1.82, 2.24) is 0 Å². The summed E-state index contributed by atoms with van der Waals surface area (Å²) in [4.78, 5) is 0. The van der Waals surface area contributed by atoms with Gasteiger partial charge in [0.25, 0.3) is 0 Å². The SMILES string of the molecule is CC(C)=CC(O[C@@H]1O[C@H](CO)[C@@H](O)[C@@H](O)[C@H]1O)C(O)[C@@H](C)[C@H]1CC[C@@]2(C)[C@@H]3C=C[C@@]45OC[C@]3(CC[C@]12C)[C@@H]4CC[C@H](O)C5(C)C. The average molecular weight is 635 g/mol. The molecule has 3 saturated carbocycles.